The predicted molar refractivity (Wildman–Crippen MR) is 77.6 cm³/mol. The number of rotatable bonds is 4. The van der Waals surface area contributed by atoms with Gasteiger partial charge in [-0.25, -0.2) is 0 Å². The standard InChI is InChI=1S/C17H31N/c1-17(2)15(12-18-14-10-11-14)16(17)13-8-6-4-3-5-7-9-13/h13-16,18H,3-12H2,1-2H3. The Morgan fingerprint density at radius 2 is 1.50 bits per heavy atom. The minimum Gasteiger partial charge on any atom is -0.314 e. The van der Waals surface area contributed by atoms with E-state index in [1.807, 2.05) is 0 Å². The summed E-state index contributed by atoms with van der Waals surface area (Å²) in [4.78, 5) is 0. The maximum absolute atomic E-state index is 3.77. The summed E-state index contributed by atoms with van der Waals surface area (Å²) < 4.78 is 0. The number of nitrogens with one attached hydrogen (secondary N) is 1. The molecule has 2 atom stereocenters. The van der Waals surface area contributed by atoms with Gasteiger partial charge >= 0.3 is 0 Å². The molecule has 3 saturated carbocycles. The van der Waals surface area contributed by atoms with Crippen molar-refractivity contribution in [2.75, 3.05) is 6.54 Å². The van der Waals surface area contributed by atoms with Crippen LogP contribution in [0.2, 0.25) is 0 Å². The van der Waals surface area contributed by atoms with Gasteiger partial charge in [-0.05, 0) is 42.6 Å². The Kier molecular flexibility index (Phi) is 3.71. The molecule has 0 aromatic carbocycles. The van der Waals surface area contributed by atoms with Crippen molar-refractivity contribution in [2.45, 2.75) is 77.7 Å². The van der Waals surface area contributed by atoms with Crippen LogP contribution in [-0.2, 0) is 0 Å². The Balaban J connectivity index is 1.52. The van der Waals surface area contributed by atoms with Gasteiger partial charge in [-0.3, -0.25) is 0 Å². The molecule has 0 amide bonds. The molecule has 104 valence electrons. The van der Waals surface area contributed by atoms with E-state index in [2.05, 4.69) is 19.2 Å². The van der Waals surface area contributed by atoms with Gasteiger partial charge < -0.3 is 5.32 Å². The molecule has 0 heterocycles. The summed E-state index contributed by atoms with van der Waals surface area (Å²) in [7, 11) is 0. The zero-order valence-electron chi connectivity index (χ0n) is 12.4. The fourth-order valence-electron chi connectivity index (χ4n) is 4.54. The van der Waals surface area contributed by atoms with Crippen LogP contribution in [0, 0.1) is 23.2 Å². The van der Waals surface area contributed by atoms with E-state index >= 15 is 0 Å². The van der Waals surface area contributed by atoms with Gasteiger partial charge in [-0.2, -0.15) is 0 Å². The SMILES string of the molecule is CC1(C)C(CNC2CC2)C1C1CCCCCCC1. The normalized spacial score (nSPS) is 37.0. The Morgan fingerprint density at radius 1 is 0.889 bits per heavy atom. The minimum atomic E-state index is 0.631. The molecule has 0 aromatic heterocycles. The van der Waals surface area contributed by atoms with Crippen molar-refractivity contribution in [3.8, 4) is 0 Å². The van der Waals surface area contributed by atoms with Crippen LogP contribution in [0.4, 0.5) is 0 Å². The molecule has 0 aliphatic heterocycles. The van der Waals surface area contributed by atoms with E-state index in [4.69, 9.17) is 0 Å². The van der Waals surface area contributed by atoms with E-state index in [-0.39, 0.29) is 0 Å². The Labute approximate surface area is 113 Å². The highest BCUT2D eigenvalue weighted by Gasteiger charge is 2.59. The number of hydrogen-bond acceptors (Lipinski definition) is 1. The Bertz CT molecular complexity index is 271. The second-order valence-corrected chi connectivity index (χ2v) is 7.74. The summed E-state index contributed by atoms with van der Waals surface area (Å²) in [5.41, 5.74) is 0.631. The van der Waals surface area contributed by atoms with Gasteiger partial charge in [-0.1, -0.05) is 58.8 Å². The molecule has 0 spiro atoms. The molecular weight excluding hydrogens is 218 g/mol. The van der Waals surface area contributed by atoms with Gasteiger partial charge in [0.1, 0.15) is 0 Å². The van der Waals surface area contributed by atoms with Crippen molar-refractivity contribution in [1.82, 2.24) is 5.32 Å². The lowest BCUT2D eigenvalue weighted by atomic mass is 9.85. The summed E-state index contributed by atoms with van der Waals surface area (Å²) in [6.07, 6.45) is 13.4. The van der Waals surface area contributed by atoms with E-state index in [0.29, 0.717) is 5.41 Å². The maximum Gasteiger partial charge on any atom is 0.00683 e. The molecular formula is C17H31N. The van der Waals surface area contributed by atoms with E-state index < -0.39 is 0 Å². The fourth-order valence-corrected chi connectivity index (χ4v) is 4.54. The van der Waals surface area contributed by atoms with Crippen LogP contribution >= 0.6 is 0 Å². The first-order chi connectivity index (χ1) is 8.69. The first-order valence-electron chi connectivity index (χ1n) is 8.43. The van der Waals surface area contributed by atoms with Crippen molar-refractivity contribution in [3.63, 3.8) is 0 Å². The summed E-state index contributed by atoms with van der Waals surface area (Å²) in [5.74, 6) is 3.05. The molecule has 3 aliphatic carbocycles. The summed E-state index contributed by atoms with van der Waals surface area (Å²) >= 11 is 0. The van der Waals surface area contributed by atoms with Gasteiger partial charge in [-0.15, -0.1) is 0 Å². The van der Waals surface area contributed by atoms with Crippen LogP contribution in [0.15, 0.2) is 0 Å². The molecule has 18 heavy (non-hydrogen) atoms. The molecule has 0 radical (unpaired) electrons. The van der Waals surface area contributed by atoms with Gasteiger partial charge in [0.25, 0.3) is 0 Å². The minimum absolute atomic E-state index is 0.631. The van der Waals surface area contributed by atoms with Crippen LogP contribution < -0.4 is 5.32 Å². The van der Waals surface area contributed by atoms with Crippen molar-refractivity contribution in [2.24, 2.45) is 23.2 Å². The monoisotopic (exact) mass is 249 g/mol. The lowest BCUT2D eigenvalue weighted by Gasteiger charge is -2.21. The van der Waals surface area contributed by atoms with Gasteiger partial charge in [0.15, 0.2) is 0 Å². The molecule has 1 N–H and O–H groups in total. The maximum atomic E-state index is 3.77. The Hall–Kier alpha value is -0.0400. The molecule has 3 rings (SSSR count). The topological polar surface area (TPSA) is 12.0 Å². The van der Waals surface area contributed by atoms with Crippen LogP contribution in [-0.4, -0.2) is 12.6 Å². The molecule has 2 unspecified atom stereocenters. The fraction of sp³-hybridized carbons (Fsp3) is 1.00. The van der Waals surface area contributed by atoms with Crippen molar-refractivity contribution in [1.29, 1.82) is 0 Å². The van der Waals surface area contributed by atoms with E-state index in [0.717, 1.165) is 23.8 Å². The smallest absolute Gasteiger partial charge is 0.00683 e. The molecule has 0 saturated heterocycles. The number of hydrogen-bond donors (Lipinski definition) is 1. The molecule has 1 heteroatoms. The summed E-state index contributed by atoms with van der Waals surface area (Å²) in [6.45, 7) is 6.35. The van der Waals surface area contributed by atoms with Crippen molar-refractivity contribution in [3.05, 3.63) is 0 Å². The third-order valence-electron chi connectivity index (χ3n) is 6.00. The highest BCUT2D eigenvalue weighted by atomic mass is 15.0. The van der Waals surface area contributed by atoms with Crippen LogP contribution in [0.5, 0.6) is 0 Å². The zero-order valence-corrected chi connectivity index (χ0v) is 12.4. The van der Waals surface area contributed by atoms with Crippen molar-refractivity contribution < 1.29 is 0 Å². The first kappa shape index (κ1) is 13.0. The third kappa shape index (κ3) is 2.76. The average Bonchev–Trinajstić information content (AvgIpc) is 3.15. The predicted octanol–water partition coefficient (Wildman–Crippen LogP) is 4.37. The van der Waals surface area contributed by atoms with Crippen LogP contribution in [0.1, 0.15) is 71.6 Å². The summed E-state index contributed by atoms with van der Waals surface area (Å²) in [5, 5.41) is 3.77. The van der Waals surface area contributed by atoms with Gasteiger partial charge in [0, 0.05) is 6.04 Å². The lowest BCUT2D eigenvalue weighted by Crippen LogP contribution is -2.21. The van der Waals surface area contributed by atoms with Crippen molar-refractivity contribution >= 4 is 0 Å². The average molecular weight is 249 g/mol. The second kappa shape index (κ2) is 5.15. The Morgan fingerprint density at radius 3 is 2.11 bits per heavy atom. The zero-order chi connectivity index (χ0) is 12.6. The second-order valence-electron chi connectivity index (χ2n) is 7.74. The van der Waals surface area contributed by atoms with E-state index in [1.54, 1.807) is 0 Å². The van der Waals surface area contributed by atoms with E-state index in [1.165, 1.54) is 64.3 Å². The molecule has 3 aliphatic rings. The van der Waals surface area contributed by atoms with Crippen LogP contribution in [0.25, 0.3) is 0 Å². The third-order valence-corrected chi connectivity index (χ3v) is 6.00. The molecule has 3 fully saturated rings. The molecule has 0 aromatic rings. The quantitative estimate of drug-likeness (QED) is 0.780. The summed E-state index contributed by atoms with van der Waals surface area (Å²) in [6, 6.07) is 0.888. The van der Waals surface area contributed by atoms with Gasteiger partial charge in [0.05, 0.1) is 0 Å². The highest BCUT2D eigenvalue weighted by Crippen LogP contribution is 2.63. The van der Waals surface area contributed by atoms with Gasteiger partial charge in [0.2, 0.25) is 0 Å². The largest absolute Gasteiger partial charge is 0.314 e. The first-order valence-corrected chi connectivity index (χ1v) is 8.43. The molecule has 0 bridgehead atoms. The highest BCUT2D eigenvalue weighted by molar-refractivity contribution is 5.08. The van der Waals surface area contributed by atoms with E-state index in [9.17, 15) is 0 Å². The molecule has 1 nitrogen and oxygen atoms in total. The van der Waals surface area contributed by atoms with Crippen LogP contribution in [0.3, 0.4) is 0 Å². The lowest BCUT2D eigenvalue weighted by molar-refractivity contribution is 0.306.